The van der Waals surface area contributed by atoms with Gasteiger partial charge in [0.25, 0.3) is 0 Å². The summed E-state index contributed by atoms with van der Waals surface area (Å²) in [6, 6.07) is 0. The molecule has 0 saturated heterocycles. The molecule has 0 spiro atoms. The Kier molecular flexibility index (Phi) is 79.9. The SMILES string of the molecule is O.O=P([O-])([O-])OC1C(OP(=O)([O-])[O-])C(OP(=O)([O-])[O-])C(OP(=O)([O-])[O-])C(OP(=O)([O-])[O-])C1OP(=O)([O-])[O-].[Na+].[Na+].[Na+].[Na+].[Na+].[Na+].[Na+].[Na+].[Na+].[Na+].[Na+].[Na+]. The zero-order chi connectivity index (χ0) is 28.7. The first kappa shape index (κ1) is 95.8. The van der Waals surface area contributed by atoms with Crippen molar-refractivity contribution in [2.24, 2.45) is 0 Å². The monoisotopic (exact) mass is 942 g/mol. The molecule has 2 N–H and O–H groups in total. The van der Waals surface area contributed by atoms with Crippen LogP contribution in [-0.4, -0.2) is 42.1 Å². The van der Waals surface area contributed by atoms with Crippen molar-refractivity contribution in [1.29, 1.82) is 0 Å². The molecule has 0 amide bonds. The van der Waals surface area contributed by atoms with Gasteiger partial charge in [0.2, 0.25) is 0 Å². The van der Waals surface area contributed by atoms with Crippen LogP contribution in [0.5, 0.6) is 0 Å². The molecular weight excluding hydrogens is 934 g/mol. The molecule has 43 heteroatoms. The van der Waals surface area contributed by atoms with Gasteiger partial charge in [0.15, 0.2) is 0 Å². The normalized spacial score (nSPS) is 21.6. The van der Waals surface area contributed by atoms with Gasteiger partial charge in [-0.3, -0.25) is 0 Å². The quantitative estimate of drug-likeness (QED) is 0.129. The van der Waals surface area contributed by atoms with Crippen LogP contribution in [0.3, 0.4) is 0 Å². The molecule has 1 fully saturated rings. The summed E-state index contributed by atoms with van der Waals surface area (Å²) in [6.07, 6.45) is -21.5. The van der Waals surface area contributed by atoms with Crippen molar-refractivity contribution in [1.82, 2.24) is 0 Å². The number of hydrogen-bond donors (Lipinski definition) is 0. The van der Waals surface area contributed by atoms with Gasteiger partial charge >= 0.3 is 355 Å². The Labute approximate surface area is 544 Å². The fraction of sp³-hybridized carbons (Fsp3) is 1.00. The van der Waals surface area contributed by atoms with Crippen LogP contribution in [0.4, 0.5) is 0 Å². The molecule has 1 rings (SSSR count). The van der Waals surface area contributed by atoms with E-state index in [1.807, 2.05) is 0 Å². The predicted octanol–water partition coefficient (Wildman–Crippen LogP) is -47.5. The second-order valence-corrected chi connectivity index (χ2v) is 12.7. The minimum Gasteiger partial charge on any atom is -0.790 e. The van der Waals surface area contributed by atoms with E-state index in [0.717, 1.165) is 0 Å². The molecule has 0 aromatic rings. The molecule has 25 nitrogen and oxygen atoms in total. The van der Waals surface area contributed by atoms with Gasteiger partial charge < -0.3 is 119 Å². The minimum absolute atomic E-state index is 0. The Hall–Kier alpha value is 12.6. The maximum atomic E-state index is 11.1. The van der Waals surface area contributed by atoms with E-state index in [1.54, 1.807) is 0 Å². The fourth-order valence-corrected chi connectivity index (χ4v) is 5.96. The van der Waals surface area contributed by atoms with Crippen LogP contribution in [0.2, 0.25) is 0 Å². The molecule has 0 unspecified atom stereocenters. The fourth-order valence-electron chi connectivity index (χ4n) is 2.74. The maximum absolute atomic E-state index is 11.1. The first-order valence-corrected chi connectivity index (χ1v) is 16.6. The van der Waals surface area contributed by atoms with E-state index in [0.29, 0.717) is 0 Å². The van der Waals surface area contributed by atoms with E-state index in [-0.39, 0.29) is 360 Å². The maximum Gasteiger partial charge on any atom is 1.00 e. The Bertz CT molecular complexity index is 858. The smallest absolute Gasteiger partial charge is 0.790 e. The van der Waals surface area contributed by atoms with E-state index in [9.17, 15) is 86.1 Å². The largest absolute Gasteiger partial charge is 1.00 e. The zero-order valence-corrected chi connectivity index (χ0v) is 57.8. The summed E-state index contributed by atoms with van der Waals surface area (Å²) in [7, 11) is -40.1. The topological polar surface area (TPSA) is 466 Å². The van der Waals surface area contributed by atoms with Gasteiger partial charge in [-0.15, -0.1) is 0 Å². The van der Waals surface area contributed by atoms with Gasteiger partial charge in [-0.1, -0.05) is 0 Å². The molecule has 0 radical (unpaired) electrons. The summed E-state index contributed by atoms with van der Waals surface area (Å²) in [4.78, 5) is 133. The van der Waals surface area contributed by atoms with Crippen LogP contribution in [-0.2, 0) is 54.5 Å². The van der Waals surface area contributed by atoms with Crippen molar-refractivity contribution in [3.63, 3.8) is 0 Å². The Morgan fingerprint density at radius 1 is 0.245 bits per heavy atom. The van der Waals surface area contributed by atoms with Crippen LogP contribution in [0.1, 0.15) is 0 Å². The Morgan fingerprint density at radius 2 is 0.306 bits per heavy atom. The van der Waals surface area contributed by atoms with E-state index in [1.165, 1.54) is 0 Å². The summed E-state index contributed by atoms with van der Waals surface area (Å²) >= 11 is 0. The van der Waals surface area contributed by atoms with Crippen molar-refractivity contribution in [2.45, 2.75) is 36.6 Å². The van der Waals surface area contributed by atoms with Gasteiger partial charge in [0.05, 0.1) is 46.9 Å². The third-order valence-electron chi connectivity index (χ3n) is 3.45. The van der Waals surface area contributed by atoms with E-state index in [4.69, 9.17) is 0 Å². The summed E-state index contributed by atoms with van der Waals surface area (Å²) in [5.74, 6) is 0. The number of rotatable bonds is 12. The third kappa shape index (κ3) is 46.9. The Morgan fingerprint density at radius 3 is 0.347 bits per heavy atom. The third-order valence-corrected chi connectivity index (χ3v) is 6.46. The molecule has 1 aliphatic carbocycles. The molecule has 0 aromatic carbocycles. The van der Waals surface area contributed by atoms with Crippen LogP contribution in [0.25, 0.3) is 0 Å². The van der Waals surface area contributed by atoms with Crippen molar-refractivity contribution < 1.29 is 473 Å². The van der Waals surface area contributed by atoms with Gasteiger partial charge in [0, 0.05) is 0 Å². The van der Waals surface area contributed by atoms with Crippen molar-refractivity contribution in [2.75, 3.05) is 0 Å². The zero-order valence-electron chi connectivity index (χ0n) is 28.4. The molecular formula is C6H8Na12O25P6. The van der Waals surface area contributed by atoms with Gasteiger partial charge in [0.1, 0.15) is 36.6 Å². The summed E-state index contributed by atoms with van der Waals surface area (Å²) in [5, 5.41) is 0. The number of phosphoric ester groups is 6. The molecule has 0 aromatic heterocycles. The molecule has 1 saturated carbocycles. The minimum atomic E-state index is -6.68. The second-order valence-electron chi connectivity index (χ2n) is 6.10. The van der Waals surface area contributed by atoms with Crippen LogP contribution >= 0.6 is 46.9 Å². The molecule has 0 bridgehead atoms. The summed E-state index contributed by atoms with van der Waals surface area (Å²) in [5.41, 5.74) is 0. The van der Waals surface area contributed by atoms with Crippen LogP contribution < -0.4 is 413 Å². The summed E-state index contributed by atoms with van der Waals surface area (Å²) in [6.45, 7) is 0. The number of phosphoric acid groups is 6. The van der Waals surface area contributed by atoms with Crippen molar-refractivity contribution in [3.8, 4) is 0 Å². The molecule has 0 atom stereocenters. The standard InChI is InChI=1S/C6H18O24P6.12Na.H2O/c7-31(8,9)25-1-2(26-32(10,11)12)4(28-34(16,17)18)6(30-36(22,23)24)5(29-35(19,20)21)3(1)27-33(13,14)15;;;;;;;;;;;;;/h1-6H,(H2,7,8,9)(H2,10,11,12)(H2,13,14,15)(H2,16,17,18)(H2,19,20,21)(H2,22,23,24);;;;;;;;;;;;;1H2/q;12*+1;/p-12. The predicted molar refractivity (Wildman–Crippen MR) is 78.5 cm³/mol. The molecule has 224 valence electrons. The van der Waals surface area contributed by atoms with Gasteiger partial charge in [-0.2, -0.15) is 0 Å². The first-order valence-electron chi connectivity index (χ1n) is 7.80. The number of hydrogen-bond acceptors (Lipinski definition) is 24. The molecule has 49 heavy (non-hydrogen) atoms. The Balaban J connectivity index is -0.0000000906. The van der Waals surface area contributed by atoms with E-state index in [2.05, 4.69) is 27.1 Å². The van der Waals surface area contributed by atoms with Gasteiger partial charge in [-0.25, -0.2) is 0 Å². The molecule has 0 heterocycles. The van der Waals surface area contributed by atoms with Gasteiger partial charge in [-0.05, 0) is 0 Å². The van der Waals surface area contributed by atoms with Crippen LogP contribution in [0, 0.1) is 0 Å². The first-order chi connectivity index (χ1) is 15.6. The average Bonchev–Trinajstić information content (AvgIpc) is 2.51. The van der Waals surface area contributed by atoms with E-state index >= 15 is 0 Å². The molecule has 0 aliphatic heterocycles. The summed E-state index contributed by atoms with van der Waals surface area (Å²) < 4.78 is 88.3. The van der Waals surface area contributed by atoms with Crippen molar-refractivity contribution >= 4 is 46.9 Å². The van der Waals surface area contributed by atoms with Crippen LogP contribution in [0.15, 0.2) is 0 Å². The average molecular weight is 942 g/mol. The second kappa shape index (κ2) is 40.9. The van der Waals surface area contributed by atoms with Crippen molar-refractivity contribution in [3.05, 3.63) is 0 Å². The molecule has 1 aliphatic rings. The van der Waals surface area contributed by atoms with E-state index < -0.39 is 83.6 Å².